The number of nitro benzene ring substituents is 1. The maximum atomic E-state index is 13.3. The summed E-state index contributed by atoms with van der Waals surface area (Å²) in [7, 11) is 1.49. The van der Waals surface area contributed by atoms with Gasteiger partial charge in [-0.3, -0.25) is 19.9 Å². The number of benzene rings is 1. The fourth-order valence-corrected chi connectivity index (χ4v) is 1.88. The number of nitrogens with zero attached hydrogens (tertiary/aromatic N) is 3. The molecule has 0 aliphatic heterocycles. The molecule has 1 aromatic heterocycles. The molecule has 0 bridgehead atoms. The molecule has 0 saturated carbocycles. The Bertz CT molecular complexity index is 676. The minimum absolute atomic E-state index is 0.223. The van der Waals surface area contributed by atoms with Crippen molar-refractivity contribution in [1.82, 2.24) is 9.88 Å². The Kier molecular flexibility index (Phi) is 4.22. The first-order valence-corrected chi connectivity index (χ1v) is 6.07. The maximum Gasteiger partial charge on any atom is 0.282 e. The monoisotopic (exact) mass is 289 g/mol. The van der Waals surface area contributed by atoms with E-state index in [0.29, 0.717) is 0 Å². The van der Waals surface area contributed by atoms with Crippen molar-refractivity contribution in [2.45, 2.75) is 6.54 Å². The number of nitro groups is 1. The predicted octanol–water partition coefficient (Wildman–Crippen LogP) is 2.40. The van der Waals surface area contributed by atoms with Crippen LogP contribution in [0.4, 0.5) is 10.1 Å². The van der Waals surface area contributed by atoms with Crippen LogP contribution >= 0.6 is 0 Å². The Labute approximate surface area is 120 Å². The number of hydrogen-bond donors (Lipinski definition) is 0. The SMILES string of the molecule is CN(Cc1cccnc1)C(=O)c1cc(F)ccc1[N+](=O)[O-]. The van der Waals surface area contributed by atoms with Crippen molar-refractivity contribution < 1.29 is 14.1 Å². The maximum absolute atomic E-state index is 13.3. The van der Waals surface area contributed by atoms with Gasteiger partial charge in [-0.05, 0) is 23.8 Å². The third kappa shape index (κ3) is 3.38. The highest BCUT2D eigenvalue weighted by Gasteiger charge is 2.23. The smallest absolute Gasteiger partial charge is 0.282 e. The average molecular weight is 289 g/mol. The lowest BCUT2D eigenvalue weighted by atomic mass is 10.1. The zero-order chi connectivity index (χ0) is 15.4. The molecule has 0 atom stereocenters. The van der Waals surface area contributed by atoms with Crippen molar-refractivity contribution in [2.75, 3.05) is 7.05 Å². The van der Waals surface area contributed by atoms with Crippen LogP contribution < -0.4 is 0 Å². The molecule has 7 heteroatoms. The lowest BCUT2D eigenvalue weighted by Gasteiger charge is -2.17. The summed E-state index contributed by atoms with van der Waals surface area (Å²) in [6.45, 7) is 0.223. The molecule has 1 aromatic carbocycles. The molecule has 0 unspecified atom stereocenters. The number of hydrogen-bond acceptors (Lipinski definition) is 4. The molecule has 0 saturated heterocycles. The Morgan fingerprint density at radius 1 is 1.43 bits per heavy atom. The summed E-state index contributed by atoms with van der Waals surface area (Å²) < 4.78 is 13.3. The van der Waals surface area contributed by atoms with Gasteiger partial charge in [-0.2, -0.15) is 0 Å². The van der Waals surface area contributed by atoms with E-state index in [9.17, 15) is 19.3 Å². The Hall–Kier alpha value is -2.83. The molecule has 21 heavy (non-hydrogen) atoms. The van der Waals surface area contributed by atoms with E-state index in [1.54, 1.807) is 24.5 Å². The van der Waals surface area contributed by atoms with Gasteiger partial charge < -0.3 is 4.90 Å². The van der Waals surface area contributed by atoms with Gasteiger partial charge in [0, 0.05) is 32.1 Å². The van der Waals surface area contributed by atoms with E-state index >= 15 is 0 Å². The Balaban J connectivity index is 2.27. The number of carbonyl (C=O) groups excluding carboxylic acids is 1. The van der Waals surface area contributed by atoms with E-state index in [0.717, 1.165) is 23.8 Å². The lowest BCUT2D eigenvalue weighted by molar-refractivity contribution is -0.385. The summed E-state index contributed by atoms with van der Waals surface area (Å²) in [5, 5.41) is 10.9. The molecule has 0 N–H and O–H groups in total. The zero-order valence-electron chi connectivity index (χ0n) is 11.2. The Morgan fingerprint density at radius 2 is 2.19 bits per heavy atom. The standard InChI is InChI=1S/C14H12FN3O3/c1-17(9-10-3-2-6-16-8-10)14(19)12-7-11(15)4-5-13(12)18(20)21/h2-8H,9H2,1H3. The van der Waals surface area contributed by atoms with Crippen LogP contribution in [0.25, 0.3) is 0 Å². The normalized spacial score (nSPS) is 10.2. The van der Waals surface area contributed by atoms with E-state index in [4.69, 9.17) is 0 Å². The third-order valence-electron chi connectivity index (χ3n) is 2.87. The molecule has 0 aliphatic rings. The second kappa shape index (κ2) is 6.08. The number of rotatable bonds is 4. The topological polar surface area (TPSA) is 76.3 Å². The van der Waals surface area contributed by atoms with Gasteiger partial charge in [-0.15, -0.1) is 0 Å². The van der Waals surface area contributed by atoms with Crippen LogP contribution in [0.3, 0.4) is 0 Å². The van der Waals surface area contributed by atoms with Crippen LogP contribution in [-0.2, 0) is 6.54 Å². The number of pyridine rings is 1. The van der Waals surface area contributed by atoms with Gasteiger partial charge in [0.2, 0.25) is 0 Å². The molecule has 1 amide bonds. The molecular weight excluding hydrogens is 277 g/mol. The minimum Gasteiger partial charge on any atom is -0.337 e. The summed E-state index contributed by atoms with van der Waals surface area (Å²) in [5.41, 5.74) is 0.0817. The minimum atomic E-state index is -0.704. The number of amides is 1. The number of carbonyl (C=O) groups is 1. The molecule has 108 valence electrons. The molecule has 2 aromatic rings. The van der Waals surface area contributed by atoms with Gasteiger partial charge in [0.25, 0.3) is 11.6 Å². The van der Waals surface area contributed by atoms with Crippen LogP contribution in [0.1, 0.15) is 15.9 Å². The second-order valence-corrected chi connectivity index (χ2v) is 4.44. The number of aromatic nitrogens is 1. The zero-order valence-corrected chi connectivity index (χ0v) is 11.2. The first-order chi connectivity index (χ1) is 9.99. The van der Waals surface area contributed by atoms with Crippen molar-refractivity contribution in [2.24, 2.45) is 0 Å². The first kappa shape index (κ1) is 14.6. The fourth-order valence-electron chi connectivity index (χ4n) is 1.88. The highest BCUT2D eigenvalue weighted by Crippen LogP contribution is 2.21. The molecule has 6 nitrogen and oxygen atoms in total. The highest BCUT2D eigenvalue weighted by molar-refractivity contribution is 5.98. The van der Waals surface area contributed by atoms with Gasteiger partial charge in [0.1, 0.15) is 11.4 Å². The van der Waals surface area contributed by atoms with Crippen LogP contribution in [-0.4, -0.2) is 27.8 Å². The van der Waals surface area contributed by atoms with E-state index in [1.165, 1.54) is 11.9 Å². The molecule has 0 radical (unpaired) electrons. The van der Waals surface area contributed by atoms with Crippen LogP contribution in [0.5, 0.6) is 0 Å². The van der Waals surface area contributed by atoms with Crippen molar-refractivity contribution in [3.63, 3.8) is 0 Å². The number of halogens is 1. The largest absolute Gasteiger partial charge is 0.337 e. The molecule has 0 fully saturated rings. The molecule has 0 aliphatic carbocycles. The van der Waals surface area contributed by atoms with Crippen molar-refractivity contribution in [3.8, 4) is 0 Å². The van der Waals surface area contributed by atoms with Gasteiger partial charge >= 0.3 is 0 Å². The van der Waals surface area contributed by atoms with Crippen molar-refractivity contribution in [1.29, 1.82) is 0 Å². The quantitative estimate of drug-likeness (QED) is 0.639. The summed E-state index contributed by atoms with van der Waals surface area (Å²) in [4.78, 5) is 27.7. The van der Waals surface area contributed by atoms with E-state index < -0.39 is 22.3 Å². The molecule has 0 spiro atoms. The molecule has 2 rings (SSSR count). The summed E-state index contributed by atoms with van der Waals surface area (Å²) in [5.74, 6) is -1.32. The van der Waals surface area contributed by atoms with Gasteiger partial charge in [-0.25, -0.2) is 4.39 Å². The van der Waals surface area contributed by atoms with Crippen molar-refractivity contribution in [3.05, 3.63) is 69.8 Å². The van der Waals surface area contributed by atoms with Crippen LogP contribution in [0.15, 0.2) is 42.7 Å². The summed E-state index contributed by atoms with van der Waals surface area (Å²) >= 11 is 0. The van der Waals surface area contributed by atoms with Gasteiger partial charge in [-0.1, -0.05) is 6.07 Å². The summed E-state index contributed by atoms with van der Waals surface area (Å²) in [6.07, 6.45) is 3.19. The second-order valence-electron chi connectivity index (χ2n) is 4.44. The Morgan fingerprint density at radius 3 is 2.81 bits per heavy atom. The fraction of sp³-hybridized carbons (Fsp3) is 0.143. The van der Waals surface area contributed by atoms with Gasteiger partial charge in [0.05, 0.1) is 4.92 Å². The lowest BCUT2D eigenvalue weighted by Crippen LogP contribution is -2.27. The van der Waals surface area contributed by atoms with Crippen LogP contribution in [0.2, 0.25) is 0 Å². The first-order valence-electron chi connectivity index (χ1n) is 6.07. The molecular formula is C14H12FN3O3. The summed E-state index contributed by atoms with van der Waals surface area (Å²) in [6, 6.07) is 6.31. The van der Waals surface area contributed by atoms with E-state index in [1.807, 2.05) is 0 Å². The van der Waals surface area contributed by atoms with Crippen molar-refractivity contribution >= 4 is 11.6 Å². The highest BCUT2D eigenvalue weighted by atomic mass is 19.1. The molecule has 1 heterocycles. The predicted molar refractivity (Wildman–Crippen MR) is 73.1 cm³/mol. The third-order valence-corrected chi connectivity index (χ3v) is 2.87. The van der Waals surface area contributed by atoms with E-state index in [2.05, 4.69) is 4.98 Å². The van der Waals surface area contributed by atoms with Gasteiger partial charge in [0.15, 0.2) is 0 Å². The van der Waals surface area contributed by atoms with E-state index in [-0.39, 0.29) is 12.1 Å². The average Bonchev–Trinajstić information content (AvgIpc) is 2.47. The van der Waals surface area contributed by atoms with Crippen LogP contribution in [0, 0.1) is 15.9 Å².